The van der Waals surface area contributed by atoms with Gasteiger partial charge in [-0.2, -0.15) is 5.10 Å². The topological polar surface area (TPSA) is 64.4 Å². The summed E-state index contributed by atoms with van der Waals surface area (Å²) in [6.45, 7) is 4.65. The molecule has 15 heavy (non-hydrogen) atoms. The number of ether oxygens (including phenoxy) is 1. The van der Waals surface area contributed by atoms with Crippen LogP contribution in [0.5, 0.6) is 0 Å². The lowest BCUT2D eigenvalue weighted by molar-refractivity contribution is -0.150. The van der Waals surface area contributed by atoms with Gasteiger partial charge in [-0.25, -0.2) is 4.79 Å². The van der Waals surface area contributed by atoms with Crippen LogP contribution in [0.15, 0.2) is 12.3 Å². The monoisotopic (exact) mass is 212 g/mol. The number of rotatable bonds is 6. The van der Waals surface area contributed by atoms with Gasteiger partial charge in [0.1, 0.15) is 0 Å². The Morgan fingerprint density at radius 1 is 1.73 bits per heavy atom. The highest BCUT2D eigenvalue weighted by Gasteiger charge is 2.16. The Morgan fingerprint density at radius 3 is 2.93 bits per heavy atom. The number of nitrogens with zero attached hydrogens (tertiary/aromatic N) is 2. The summed E-state index contributed by atoms with van der Waals surface area (Å²) in [6, 6.07) is 1.89. The molecule has 1 N–H and O–H groups in total. The van der Waals surface area contributed by atoms with E-state index in [1.165, 1.54) is 0 Å². The van der Waals surface area contributed by atoms with Crippen LogP contribution < -0.4 is 0 Å². The first kappa shape index (κ1) is 11.7. The molecule has 1 unspecified atom stereocenters. The number of aromatic nitrogens is 2. The summed E-state index contributed by atoms with van der Waals surface area (Å²) in [5.41, 5.74) is 0.929. The number of hydrogen-bond donors (Lipinski definition) is 1. The lowest BCUT2D eigenvalue weighted by Crippen LogP contribution is -2.25. The maximum Gasteiger partial charge on any atom is 0.332 e. The van der Waals surface area contributed by atoms with Crippen LogP contribution in [0.4, 0.5) is 0 Å². The zero-order valence-electron chi connectivity index (χ0n) is 9.01. The van der Waals surface area contributed by atoms with Gasteiger partial charge in [-0.05, 0) is 19.9 Å². The molecular formula is C10H16N2O3. The molecular weight excluding hydrogens is 196 g/mol. The molecule has 0 fully saturated rings. The van der Waals surface area contributed by atoms with Crippen molar-refractivity contribution in [2.75, 3.05) is 6.61 Å². The van der Waals surface area contributed by atoms with Gasteiger partial charge < -0.3 is 9.84 Å². The average Bonchev–Trinajstić information content (AvgIpc) is 2.58. The number of aryl methyl sites for hydroxylation is 2. The second-order valence-corrected chi connectivity index (χ2v) is 3.29. The van der Waals surface area contributed by atoms with Crippen LogP contribution in [0.1, 0.15) is 19.0 Å². The van der Waals surface area contributed by atoms with Gasteiger partial charge in [-0.3, -0.25) is 4.68 Å². The molecule has 0 radical (unpaired) electrons. The maximum atomic E-state index is 10.8. The summed E-state index contributed by atoms with van der Waals surface area (Å²) in [5, 5.41) is 13.0. The molecule has 0 aliphatic heterocycles. The number of carboxylic acid groups (broad SMARTS) is 1. The molecule has 0 spiro atoms. The van der Waals surface area contributed by atoms with Crippen LogP contribution >= 0.6 is 0 Å². The zero-order chi connectivity index (χ0) is 11.3. The summed E-state index contributed by atoms with van der Waals surface area (Å²) in [5.74, 6) is -0.916. The predicted octanol–water partition coefficient (Wildman–Crippen LogP) is 1.07. The third-order valence-electron chi connectivity index (χ3n) is 2.04. The molecule has 84 valence electrons. The van der Waals surface area contributed by atoms with E-state index in [0.29, 0.717) is 19.6 Å². The van der Waals surface area contributed by atoms with Gasteiger partial charge in [0.2, 0.25) is 0 Å². The summed E-state index contributed by atoms with van der Waals surface area (Å²) in [6.07, 6.45) is 1.53. The van der Waals surface area contributed by atoms with E-state index in [2.05, 4.69) is 5.10 Å². The van der Waals surface area contributed by atoms with E-state index >= 15 is 0 Å². The minimum Gasteiger partial charge on any atom is -0.479 e. The van der Waals surface area contributed by atoms with E-state index in [9.17, 15) is 4.79 Å². The predicted molar refractivity (Wildman–Crippen MR) is 54.6 cm³/mol. The van der Waals surface area contributed by atoms with Crippen molar-refractivity contribution in [3.8, 4) is 0 Å². The first-order valence-electron chi connectivity index (χ1n) is 4.98. The second kappa shape index (κ2) is 5.50. The quantitative estimate of drug-likeness (QED) is 0.766. The molecule has 5 nitrogen and oxygen atoms in total. The fraction of sp³-hybridized carbons (Fsp3) is 0.600. The van der Waals surface area contributed by atoms with Crippen LogP contribution in [0, 0.1) is 6.92 Å². The number of carbonyl (C=O) groups is 1. The first-order chi connectivity index (χ1) is 7.13. The van der Waals surface area contributed by atoms with Crippen molar-refractivity contribution >= 4 is 5.97 Å². The van der Waals surface area contributed by atoms with Gasteiger partial charge in [-0.1, -0.05) is 0 Å². The highest BCUT2D eigenvalue weighted by atomic mass is 16.5. The van der Waals surface area contributed by atoms with E-state index < -0.39 is 12.1 Å². The molecule has 0 aliphatic carbocycles. The van der Waals surface area contributed by atoms with Crippen LogP contribution in [0.3, 0.4) is 0 Å². The molecule has 0 amide bonds. The molecule has 1 aromatic rings. The van der Waals surface area contributed by atoms with Gasteiger partial charge in [0.15, 0.2) is 6.10 Å². The third kappa shape index (κ3) is 3.71. The largest absolute Gasteiger partial charge is 0.479 e. The Morgan fingerprint density at radius 2 is 2.47 bits per heavy atom. The summed E-state index contributed by atoms with van der Waals surface area (Å²) < 4.78 is 6.82. The van der Waals surface area contributed by atoms with Crippen LogP contribution in [0.25, 0.3) is 0 Å². The smallest absolute Gasteiger partial charge is 0.332 e. The van der Waals surface area contributed by atoms with Crippen molar-refractivity contribution in [1.29, 1.82) is 0 Å². The van der Waals surface area contributed by atoms with Crippen molar-refractivity contribution in [2.24, 2.45) is 0 Å². The lowest BCUT2D eigenvalue weighted by atomic mass is 10.2. The average molecular weight is 212 g/mol. The Hall–Kier alpha value is -1.36. The van der Waals surface area contributed by atoms with Crippen molar-refractivity contribution in [3.05, 3.63) is 18.0 Å². The van der Waals surface area contributed by atoms with Gasteiger partial charge >= 0.3 is 5.97 Å². The highest BCUT2D eigenvalue weighted by Crippen LogP contribution is 2.02. The Labute approximate surface area is 88.7 Å². The maximum absolute atomic E-state index is 10.8. The fourth-order valence-electron chi connectivity index (χ4n) is 1.32. The summed E-state index contributed by atoms with van der Waals surface area (Å²) in [4.78, 5) is 10.8. The van der Waals surface area contributed by atoms with Gasteiger partial charge in [-0.15, -0.1) is 0 Å². The number of aliphatic carboxylic acids is 1. The minimum absolute atomic E-state index is 0.412. The number of carboxylic acids is 1. The van der Waals surface area contributed by atoms with Crippen molar-refractivity contribution in [1.82, 2.24) is 9.78 Å². The second-order valence-electron chi connectivity index (χ2n) is 3.29. The normalized spacial score (nSPS) is 12.7. The molecule has 0 saturated heterocycles. The molecule has 0 saturated carbocycles. The van der Waals surface area contributed by atoms with Gasteiger partial charge in [0.05, 0.1) is 5.69 Å². The molecule has 0 bridgehead atoms. The van der Waals surface area contributed by atoms with Crippen molar-refractivity contribution in [2.45, 2.75) is 32.9 Å². The van der Waals surface area contributed by atoms with E-state index in [-0.39, 0.29) is 0 Å². The standard InChI is InChI=1S/C10H16N2O3/c1-3-15-9(10(13)14)5-7-12-6-4-8(2)11-12/h4,6,9H,3,5,7H2,1-2H3,(H,13,14). The van der Waals surface area contributed by atoms with Crippen molar-refractivity contribution in [3.63, 3.8) is 0 Å². The van der Waals surface area contributed by atoms with E-state index in [4.69, 9.17) is 9.84 Å². The Kier molecular flexibility index (Phi) is 4.30. The van der Waals surface area contributed by atoms with E-state index in [1.807, 2.05) is 19.2 Å². The minimum atomic E-state index is -0.916. The third-order valence-corrected chi connectivity index (χ3v) is 2.04. The Balaban J connectivity index is 2.43. The molecule has 0 aliphatic rings. The van der Waals surface area contributed by atoms with E-state index in [1.54, 1.807) is 11.6 Å². The highest BCUT2D eigenvalue weighted by molar-refractivity contribution is 5.72. The van der Waals surface area contributed by atoms with E-state index in [0.717, 1.165) is 5.69 Å². The van der Waals surface area contributed by atoms with Gasteiger partial charge in [0.25, 0.3) is 0 Å². The van der Waals surface area contributed by atoms with Gasteiger partial charge in [0, 0.05) is 25.8 Å². The molecule has 1 rings (SSSR count). The molecule has 1 heterocycles. The number of hydrogen-bond acceptors (Lipinski definition) is 3. The SMILES string of the molecule is CCOC(CCn1ccc(C)n1)C(=O)O. The molecule has 1 aromatic heterocycles. The summed E-state index contributed by atoms with van der Waals surface area (Å²) >= 11 is 0. The van der Waals surface area contributed by atoms with Crippen LogP contribution in [0.2, 0.25) is 0 Å². The molecule has 5 heteroatoms. The summed E-state index contributed by atoms with van der Waals surface area (Å²) in [7, 11) is 0. The van der Waals surface area contributed by atoms with Crippen molar-refractivity contribution < 1.29 is 14.6 Å². The Bertz CT molecular complexity index is 322. The molecule has 1 atom stereocenters. The van der Waals surface area contributed by atoms with Crippen LogP contribution in [-0.4, -0.2) is 33.6 Å². The fourth-order valence-corrected chi connectivity index (χ4v) is 1.32. The molecule has 0 aromatic carbocycles. The van der Waals surface area contributed by atoms with Crippen LogP contribution in [-0.2, 0) is 16.1 Å². The zero-order valence-corrected chi connectivity index (χ0v) is 9.01. The lowest BCUT2D eigenvalue weighted by Gasteiger charge is -2.11. The first-order valence-corrected chi connectivity index (χ1v) is 4.98.